The van der Waals surface area contributed by atoms with E-state index in [2.05, 4.69) is 15.4 Å². The first-order valence-electron chi connectivity index (χ1n) is 6.39. The van der Waals surface area contributed by atoms with E-state index in [1.54, 1.807) is 6.20 Å². The van der Waals surface area contributed by atoms with Crippen molar-refractivity contribution in [2.75, 3.05) is 6.54 Å². The average Bonchev–Trinajstić information content (AvgIpc) is 2.88. The summed E-state index contributed by atoms with van der Waals surface area (Å²) in [5.41, 5.74) is 1.70. The van der Waals surface area contributed by atoms with Crippen LogP contribution in [0.1, 0.15) is 13.8 Å². The molecule has 2 heterocycles. The highest BCUT2D eigenvalue weighted by atomic mass is 16.1. The van der Waals surface area contributed by atoms with Gasteiger partial charge in [-0.05, 0) is 18.2 Å². The lowest BCUT2D eigenvalue weighted by Crippen LogP contribution is -2.30. The lowest BCUT2D eigenvalue weighted by atomic mass is 10.2. The molecule has 0 aliphatic heterocycles. The second kappa shape index (κ2) is 6.13. The van der Waals surface area contributed by atoms with Gasteiger partial charge in [0.1, 0.15) is 5.69 Å². The lowest BCUT2D eigenvalue weighted by Gasteiger charge is -2.07. The Balaban J connectivity index is 1.90. The highest BCUT2D eigenvalue weighted by molar-refractivity contribution is 5.77. The molecule has 0 fully saturated rings. The maximum atomic E-state index is 11.4. The number of aromatic nitrogens is 3. The van der Waals surface area contributed by atoms with Gasteiger partial charge < -0.3 is 5.32 Å². The van der Waals surface area contributed by atoms with Crippen molar-refractivity contribution in [3.63, 3.8) is 0 Å². The highest BCUT2D eigenvalue weighted by Gasteiger charge is 2.06. The third-order valence-corrected chi connectivity index (χ3v) is 2.73. The summed E-state index contributed by atoms with van der Waals surface area (Å²) in [6.45, 7) is 5.00. The van der Waals surface area contributed by atoms with Gasteiger partial charge in [-0.1, -0.05) is 19.9 Å². The summed E-state index contributed by atoms with van der Waals surface area (Å²) in [4.78, 5) is 15.7. The Morgan fingerprint density at radius 2 is 2.16 bits per heavy atom. The normalized spacial score (nSPS) is 10.7. The number of amides is 1. The van der Waals surface area contributed by atoms with E-state index in [-0.39, 0.29) is 11.8 Å². The Hall–Kier alpha value is -2.17. The number of pyridine rings is 1. The van der Waals surface area contributed by atoms with Crippen LogP contribution in [0.5, 0.6) is 0 Å². The number of hydrogen-bond donors (Lipinski definition) is 1. The van der Waals surface area contributed by atoms with Crippen LogP contribution >= 0.6 is 0 Å². The quantitative estimate of drug-likeness (QED) is 0.888. The number of nitrogens with one attached hydrogen (secondary N) is 1. The molecule has 2 aromatic heterocycles. The third-order valence-electron chi connectivity index (χ3n) is 2.73. The molecule has 0 saturated carbocycles. The first-order valence-corrected chi connectivity index (χ1v) is 6.39. The molecule has 100 valence electrons. The van der Waals surface area contributed by atoms with Crippen molar-refractivity contribution in [1.29, 1.82) is 0 Å². The second-order valence-corrected chi connectivity index (χ2v) is 4.62. The molecule has 1 amide bonds. The number of hydrogen-bond acceptors (Lipinski definition) is 3. The minimum Gasteiger partial charge on any atom is -0.354 e. The van der Waals surface area contributed by atoms with E-state index in [4.69, 9.17) is 0 Å². The first kappa shape index (κ1) is 13.3. The van der Waals surface area contributed by atoms with Gasteiger partial charge >= 0.3 is 0 Å². The van der Waals surface area contributed by atoms with Crippen LogP contribution < -0.4 is 5.32 Å². The summed E-state index contributed by atoms with van der Waals surface area (Å²) >= 11 is 0. The van der Waals surface area contributed by atoms with Gasteiger partial charge in [-0.2, -0.15) is 5.10 Å². The molecule has 2 rings (SSSR count). The molecule has 0 unspecified atom stereocenters. The first-order chi connectivity index (χ1) is 9.16. The van der Waals surface area contributed by atoms with Crippen molar-refractivity contribution in [2.24, 2.45) is 5.92 Å². The molecule has 1 N–H and O–H groups in total. The SMILES string of the molecule is CC(C)C(=O)NCCn1ccc(-c2ccccn2)n1. The minimum absolute atomic E-state index is 0.0155. The van der Waals surface area contributed by atoms with Gasteiger partial charge in [0.25, 0.3) is 0 Å². The maximum Gasteiger partial charge on any atom is 0.222 e. The molecule has 0 atom stereocenters. The summed E-state index contributed by atoms with van der Waals surface area (Å²) in [6, 6.07) is 7.66. The summed E-state index contributed by atoms with van der Waals surface area (Å²) in [5, 5.41) is 7.29. The van der Waals surface area contributed by atoms with E-state index in [0.29, 0.717) is 13.1 Å². The highest BCUT2D eigenvalue weighted by Crippen LogP contribution is 2.12. The van der Waals surface area contributed by atoms with E-state index in [1.807, 2.05) is 49.0 Å². The molecule has 2 aromatic rings. The Labute approximate surface area is 112 Å². The van der Waals surface area contributed by atoms with E-state index < -0.39 is 0 Å². The maximum absolute atomic E-state index is 11.4. The fraction of sp³-hybridized carbons (Fsp3) is 0.357. The van der Waals surface area contributed by atoms with E-state index in [9.17, 15) is 4.79 Å². The molecule has 5 heteroatoms. The lowest BCUT2D eigenvalue weighted by molar-refractivity contribution is -0.124. The predicted molar refractivity (Wildman–Crippen MR) is 73.3 cm³/mol. The summed E-state index contributed by atoms with van der Waals surface area (Å²) in [7, 11) is 0. The zero-order valence-corrected chi connectivity index (χ0v) is 11.2. The van der Waals surface area contributed by atoms with Crippen molar-refractivity contribution in [1.82, 2.24) is 20.1 Å². The zero-order chi connectivity index (χ0) is 13.7. The van der Waals surface area contributed by atoms with Gasteiger partial charge in [0.15, 0.2) is 0 Å². The van der Waals surface area contributed by atoms with Crippen molar-refractivity contribution >= 4 is 5.91 Å². The Kier molecular flexibility index (Phi) is 4.28. The van der Waals surface area contributed by atoms with Crippen LogP contribution in [-0.2, 0) is 11.3 Å². The molecule has 0 spiro atoms. The molecule has 0 bridgehead atoms. The van der Waals surface area contributed by atoms with Crippen molar-refractivity contribution in [2.45, 2.75) is 20.4 Å². The van der Waals surface area contributed by atoms with Gasteiger partial charge in [0, 0.05) is 24.9 Å². The predicted octanol–water partition coefficient (Wildman–Crippen LogP) is 1.72. The topological polar surface area (TPSA) is 59.8 Å². The van der Waals surface area contributed by atoms with Crippen LogP contribution in [0.15, 0.2) is 36.7 Å². The van der Waals surface area contributed by atoms with Crippen molar-refractivity contribution < 1.29 is 4.79 Å². The van der Waals surface area contributed by atoms with Crippen LogP contribution in [0, 0.1) is 5.92 Å². The fourth-order valence-corrected chi connectivity index (χ4v) is 1.63. The Bertz CT molecular complexity index is 533. The molecule has 19 heavy (non-hydrogen) atoms. The summed E-state index contributed by atoms with van der Waals surface area (Å²) < 4.78 is 1.81. The molecule has 0 aliphatic rings. The average molecular weight is 258 g/mol. The fourth-order valence-electron chi connectivity index (χ4n) is 1.63. The van der Waals surface area contributed by atoms with Gasteiger partial charge in [-0.25, -0.2) is 0 Å². The van der Waals surface area contributed by atoms with E-state index in [0.717, 1.165) is 11.4 Å². The standard InChI is InChI=1S/C14H18N4O/c1-11(2)14(19)16-8-10-18-9-6-13(17-18)12-5-3-4-7-15-12/h3-7,9,11H,8,10H2,1-2H3,(H,16,19). The molecular formula is C14H18N4O. The van der Waals surface area contributed by atoms with Crippen LogP contribution in [-0.4, -0.2) is 27.2 Å². The van der Waals surface area contributed by atoms with E-state index in [1.165, 1.54) is 0 Å². The molecule has 0 saturated heterocycles. The third kappa shape index (κ3) is 3.64. The van der Waals surface area contributed by atoms with Crippen LogP contribution in [0.4, 0.5) is 0 Å². The Morgan fingerprint density at radius 1 is 1.32 bits per heavy atom. The minimum atomic E-state index is 0.0155. The van der Waals surface area contributed by atoms with Gasteiger partial charge in [-0.3, -0.25) is 14.5 Å². The summed E-state index contributed by atoms with van der Waals surface area (Å²) in [5.74, 6) is 0.0822. The number of carbonyl (C=O) groups excluding carboxylic acids is 1. The molecule has 0 aromatic carbocycles. The molecular weight excluding hydrogens is 240 g/mol. The van der Waals surface area contributed by atoms with Gasteiger partial charge in [0.05, 0.1) is 12.2 Å². The monoisotopic (exact) mass is 258 g/mol. The molecule has 0 radical (unpaired) electrons. The zero-order valence-electron chi connectivity index (χ0n) is 11.2. The summed E-state index contributed by atoms with van der Waals surface area (Å²) in [6.07, 6.45) is 3.64. The van der Waals surface area contributed by atoms with Crippen molar-refractivity contribution in [3.8, 4) is 11.4 Å². The van der Waals surface area contributed by atoms with Gasteiger partial charge in [0.2, 0.25) is 5.91 Å². The van der Waals surface area contributed by atoms with Crippen LogP contribution in [0.25, 0.3) is 11.4 Å². The van der Waals surface area contributed by atoms with E-state index >= 15 is 0 Å². The number of carbonyl (C=O) groups is 1. The number of rotatable bonds is 5. The van der Waals surface area contributed by atoms with Crippen molar-refractivity contribution in [3.05, 3.63) is 36.7 Å². The molecule has 5 nitrogen and oxygen atoms in total. The Morgan fingerprint density at radius 3 is 2.84 bits per heavy atom. The van der Waals surface area contributed by atoms with Crippen LogP contribution in [0.3, 0.4) is 0 Å². The molecule has 0 aliphatic carbocycles. The van der Waals surface area contributed by atoms with Crippen LogP contribution in [0.2, 0.25) is 0 Å². The number of nitrogens with zero attached hydrogens (tertiary/aromatic N) is 3. The van der Waals surface area contributed by atoms with Gasteiger partial charge in [-0.15, -0.1) is 0 Å². The second-order valence-electron chi connectivity index (χ2n) is 4.62. The largest absolute Gasteiger partial charge is 0.354 e. The smallest absolute Gasteiger partial charge is 0.222 e.